The Kier molecular flexibility index (Phi) is 553. The molecule has 9 N–H and O–H groups in total. The Hall–Kier alpha value is -0.791. The second-order valence-corrected chi connectivity index (χ2v) is 0.238. The van der Waals surface area contributed by atoms with E-state index < -0.39 is 5.09 Å². The van der Waals surface area contributed by atoms with Crippen LogP contribution in [0.15, 0.2) is 0 Å². The molecule has 0 saturated carbocycles. The van der Waals surface area contributed by atoms with Gasteiger partial charge in [0.1, 0.15) is 0 Å². The number of hydrogen-bond acceptors (Lipinski definition) is 2. The van der Waals surface area contributed by atoms with E-state index in [9.17, 15) is 0 Å². The van der Waals surface area contributed by atoms with Crippen LogP contribution in [-0.4, -0.2) is 42.3 Å². The molecular weight excluding hydrogens is 135 g/mol. The Morgan fingerprint density at radius 3 is 1.11 bits per heavy atom. The Labute approximate surface area is 53.7 Å². The van der Waals surface area contributed by atoms with Gasteiger partial charge < -0.3 is 27.1 Å². The predicted molar refractivity (Wildman–Crippen MR) is 31.8 cm³/mol. The van der Waals surface area contributed by atoms with E-state index in [0.717, 1.165) is 0 Å². The second-order valence-electron chi connectivity index (χ2n) is 0.238. The summed E-state index contributed by atoms with van der Waals surface area (Å²) in [5.41, 5.74) is 0. The molecule has 0 aromatic rings. The minimum atomic E-state index is -1.50. The van der Waals surface area contributed by atoms with Crippen LogP contribution in [-0.2, 0) is 0 Å². The van der Waals surface area contributed by atoms with Crippen LogP contribution in [0.25, 0.3) is 0 Å². The van der Waals surface area contributed by atoms with E-state index in [-0.39, 0.29) is 32.0 Å². The van der Waals surface area contributed by atoms with Crippen LogP contribution >= 0.6 is 0 Å². The van der Waals surface area contributed by atoms with Gasteiger partial charge in [-0.05, 0) is 0 Å². The third kappa shape index (κ3) is 312. The van der Waals surface area contributed by atoms with E-state index in [1.54, 1.807) is 0 Å². The number of rotatable bonds is 0. The van der Waals surface area contributed by atoms with Crippen LogP contribution in [0.4, 0.5) is 0 Å². The van der Waals surface area contributed by atoms with Crippen molar-refractivity contribution in [3.8, 4) is 0 Å². The fourth-order valence-electron chi connectivity index (χ4n) is 0. The standard InChI is InChI=1S/Be.HNO3.4H2O.2H/c;2-1(3)4;;;;;;/h;(H,2,3,4);4*1H2;;. The van der Waals surface area contributed by atoms with Gasteiger partial charge in [-0.25, -0.2) is 0 Å². The van der Waals surface area contributed by atoms with Gasteiger partial charge in [0, 0.05) is 0 Å². The first-order chi connectivity index (χ1) is 1.73. The van der Waals surface area contributed by atoms with Crippen molar-refractivity contribution >= 4 is 10.1 Å². The van der Waals surface area contributed by atoms with Crippen molar-refractivity contribution in [1.82, 2.24) is 0 Å². The molecule has 0 amide bonds. The maximum absolute atomic E-state index is 8.36. The summed E-state index contributed by atoms with van der Waals surface area (Å²) in [5, 5.41) is 13.6. The molecule has 0 fully saturated rings. The molecule has 0 rings (SSSR count). The van der Waals surface area contributed by atoms with Crippen molar-refractivity contribution in [1.29, 1.82) is 0 Å². The van der Waals surface area contributed by atoms with Crippen molar-refractivity contribution in [2.45, 2.75) is 0 Å². The summed E-state index contributed by atoms with van der Waals surface area (Å²) in [6.07, 6.45) is 0. The van der Waals surface area contributed by atoms with Crippen molar-refractivity contribution in [2.75, 3.05) is 0 Å². The van der Waals surface area contributed by atoms with Gasteiger partial charge in [-0.15, -0.1) is 10.1 Å². The number of hydrogen-bond donors (Lipinski definition) is 1. The molecule has 8 nitrogen and oxygen atoms in total. The monoisotopic (exact) mass is 146 g/mol. The molecule has 0 bridgehead atoms. The Morgan fingerprint density at radius 2 is 1.11 bits per heavy atom. The first-order valence-electron chi connectivity index (χ1n) is 0.565. The Morgan fingerprint density at radius 1 is 1.11 bits per heavy atom. The molecular formula is H11BeNO7. The van der Waals surface area contributed by atoms with Crippen LogP contribution in [0.1, 0.15) is 0 Å². The van der Waals surface area contributed by atoms with Gasteiger partial charge in [0.05, 0.1) is 0 Å². The molecule has 9 heteroatoms. The third-order valence-electron chi connectivity index (χ3n) is 0. The normalized spacial score (nSPS) is 2.67. The van der Waals surface area contributed by atoms with Crippen LogP contribution in [0.5, 0.6) is 0 Å². The van der Waals surface area contributed by atoms with Gasteiger partial charge in [0.2, 0.25) is 0 Å². The fourth-order valence-corrected chi connectivity index (χ4v) is 0. The van der Waals surface area contributed by atoms with Gasteiger partial charge >= 0.3 is 10.1 Å². The van der Waals surface area contributed by atoms with Gasteiger partial charge in [0.25, 0.3) is 5.09 Å². The van der Waals surface area contributed by atoms with Crippen LogP contribution < -0.4 is 0 Å². The van der Waals surface area contributed by atoms with Gasteiger partial charge in [-0.2, -0.15) is 0 Å². The topological polar surface area (TPSA) is 189 Å². The molecule has 60 valence electrons. The summed E-state index contributed by atoms with van der Waals surface area (Å²) in [6, 6.07) is 0. The van der Waals surface area contributed by atoms with Crippen molar-refractivity contribution < 1.29 is 32.2 Å². The van der Waals surface area contributed by atoms with Crippen LogP contribution in [0.2, 0.25) is 0 Å². The summed E-state index contributed by atoms with van der Waals surface area (Å²) < 4.78 is 0. The Balaban J connectivity index is -0.00000000450. The quantitative estimate of drug-likeness (QED) is 0.205. The van der Waals surface area contributed by atoms with Crippen LogP contribution in [0.3, 0.4) is 0 Å². The first-order valence-corrected chi connectivity index (χ1v) is 0.565. The molecule has 0 aliphatic heterocycles. The summed E-state index contributed by atoms with van der Waals surface area (Å²) in [6.45, 7) is 0. The fraction of sp³-hybridized carbons (Fsp3) is 0. The van der Waals surface area contributed by atoms with E-state index in [2.05, 4.69) is 0 Å². The molecule has 0 aliphatic rings. The van der Waals surface area contributed by atoms with Crippen molar-refractivity contribution in [2.24, 2.45) is 0 Å². The average molecular weight is 146 g/mol. The van der Waals surface area contributed by atoms with E-state index in [4.69, 9.17) is 15.3 Å². The molecule has 0 aromatic heterocycles. The molecule has 9 heavy (non-hydrogen) atoms. The second kappa shape index (κ2) is 57.0. The van der Waals surface area contributed by atoms with Gasteiger partial charge in [0.15, 0.2) is 0 Å². The molecule has 0 aromatic carbocycles. The third-order valence-corrected chi connectivity index (χ3v) is 0. The van der Waals surface area contributed by atoms with Crippen molar-refractivity contribution in [3.63, 3.8) is 0 Å². The first kappa shape index (κ1) is 87.4. The average Bonchev–Trinajstić information content (AvgIpc) is 0.811. The van der Waals surface area contributed by atoms with Gasteiger partial charge in [-0.1, -0.05) is 0 Å². The zero-order chi connectivity index (χ0) is 3.58. The molecule has 0 spiro atoms. The van der Waals surface area contributed by atoms with E-state index >= 15 is 0 Å². The Bertz CT molecular complexity index is 31.9. The summed E-state index contributed by atoms with van der Waals surface area (Å²) in [5.74, 6) is 0. The number of nitrogens with zero attached hydrogens (tertiary/aromatic N) is 1. The zero-order valence-electron chi connectivity index (χ0n) is 3.71. The molecule has 0 heterocycles. The van der Waals surface area contributed by atoms with Crippen molar-refractivity contribution in [3.05, 3.63) is 10.1 Å². The maximum atomic E-state index is 8.36. The van der Waals surface area contributed by atoms with E-state index in [0.29, 0.717) is 0 Å². The predicted octanol–water partition coefficient (Wildman–Crippen LogP) is -4.56. The summed E-state index contributed by atoms with van der Waals surface area (Å²) in [7, 11) is 0. The van der Waals surface area contributed by atoms with Gasteiger partial charge in [-0.3, -0.25) is 0 Å². The minimum absolute atomic E-state index is 0. The van der Waals surface area contributed by atoms with E-state index in [1.165, 1.54) is 0 Å². The summed E-state index contributed by atoms with van der Waals surface area (Å²) in [4.78, 5) is 8.36. The zero-order valence-corrected chi connectivity index (χ0v) is 3.71. The summed E-state index contributed by atoms with van der Waals surface area (Å²) >= 11 is 0. The molecule has 0 atom stereocenters. The SMILES string of the molecule is O.O.O.O.O=[N+]([O-])O.[BeH2]. The molecule has 0 aliphatic carbocycles. The molecule has 0 unspecified atom stereocenters. The van der Waals surface area contributed by atoms with E-state index in [1.807, 2.05) is 0 Å². The van der Waals surface area contributed by atoms with Crippen LogP contribution in [0, 0.1) is 10.1 Å². The molecule has 0 radical (unpaired) electrons. The molecule has 0 saturated heterocycles.